The second kappa shape index (κ2) is 6.61. The molecule has 1 rings (SSSR count). The van der Waals surface area contributed by atoms with Gasteiger partial charge in [-0.25, -0.2) is 0 Å². The van der Waals surface area contributed by atoms with E-state index in [0.717, 1.165) is 0 Å². The van der Waals surface area contributed by atoms with Gasteiger partial charge in [-0.3, -0.25) is 10.1 Å². The zero-order valence-electron chi connectivity index (χ0n) is 10.7. The molecule has 0 aromatic heterocycles. The Kier molecular flexibility index (Phi) is 5.44. The highest BCUT2D eigenvalue weighted by molar-refractivity contribution is 6.31. The Balaban J connectivity index is 2.76. The van der Waals surface area contributed by atoms with E-state index in [-0.39, 0.29) is 17.6 Å². The summed E-state index contributed by atoms with van der Waals surface area (Å²) in [6.07, 6.45) is 0. The van der Waals surface area contributed by atoms with E-state index in [1.54, 1.807) is 18.2 Å². The lowest BCUT2D eigenvalue weighted by molar-refractivity contribution is -0.144. The second-order valence-corrected chi connectivity index (χ2v) is 4.77. The van der Waals surface area contributed by atoms with Crippen molar-refractivity contribution in [3.63, 3.8) is 0 Å². The highest BCUT2D eigenvalue weighted by Gasteiger charge is 2.22. The van der Waals surface area contributed by atoms with Gasteiger partial charge in [-0.15, -0.1) is 0 Å². The minimum absolute atomic E-state index is 0.0853. The van der Waals surface area contributed by atoms with Gasteiger partial charge in [0.25, 0.3) is 0 Å². The Morgan fingerprint density at radius 2 is 2.17 bits per heavy atom. The first-order valence-electron chi connectivity index (χ1n) is 5.75. The zero-order chi connectivity index (χ0) is 13.7. The number of carbonyl (C=O) groups excluding carboxylic acids is 1. The van der Waals surface area contributed by atoms with Gasteiger partial charge in [-0.2, -0.15) is 0 Å². The first-order valence-corrected chi connectivity index (χ1v) is 6.12. The number of halogens is 1. The third-order valence-electron chi connectivity index (χ3n) is 2.71. The summed E-state index contributed by atoms with van der Waals surface area (Å²) in [5, 5.41) is 13.2. The molecule has 0 saturated carbocycles. The number of phenols is 1. The summed E-state index contributed by atoms with van der Waals surface area (Å²) in [7, 11) is 1.35. The number of phenolic OH excluding ortho intramolecular Hbond substituents is 1. The number of rotatable bonds is 5. The third kappa shape index (κ3) is 3.62. The van der Waals surface area contributed by atoms with Gasteiger partial charge < -0.3 is 9.84 Å². The number of esters is 1. The Hall–Kier alpha value is -1.26. The average molecular weight is 272 g/mol. The molecule has 0 radical (unpaired) electrons. The maximum absolute atomic E-state index is 11.6. The van der Waals surface area contributed by atoms with Crippen LogP contribution in [0.5, 0.6) is 5.75 Å². The van der Waals surface area contributed by atoms with Crippen LogP contribution in [-0.2, 0) is 16.1 Å². The fourth-order valence-corrected chi connectivity index (χ4v) is 1.89. The average Bonchev–Trinajstić information content (AvgIpc) is 2.31. The molecule has 100 valence electrons. The third-order valence-corrected chi connectivity index (χ3v) is 3.07. The summed E-state index contributed by atoms with van der Waals surface area (Å²) < 4.78 is 4.73. The second-order valence-electron chi connectivity index (χ2n) is 4.36. The van der Waals surface area contributed by atoms with Gasteiger partial charge in [-0.1, -0.05) is 31.5 Å². The highest BCUT2D eigenvalue weighted by atomic mass is 35.5. The number of methoxy groups -OCH3 is 1. The van der Waals surface area contributed by atoms with Crippen LogP contribution < -0.4 is 5.32 Å². The first-order chi connectivity index (χ1) is 8.47. The van der Waals surface area contributed by atoms with E-state index in [9.17, 15) is 9.90 Å². The monoisotopic (exact) mass is 271 g/mol. The Labute approximate surface area is 112 Å². The van der Waals surface area contributed by atoms with E-state index in [4.69, 9.17) is 16.3 Å². The van der Waals surface area contributed by atoms with Crippen LogP contribution in [0.25, 0.3) is 0 Å². The van der Waals surface area contributed by atoms with Crippen molar-refractivity contribution in [3.05, 3.63) is 28.8 Å². The molecule has 1 atom stereocenters. The molecule has 0 aliphatic rings. The normalized spacial score (nSPS) is 12.5. The van der Waals surface area contributed by atoms with Crippen LogP contribution in [0.15, 0.2) is 18.2 Å². The minimum atomic E-state index is -0.425. The molecule has 1 unspecified atom stereocenters. The van der Waals surface area contributed by atoms with E-state index >= 15 is 0 Å². The predicted octanol–water partition coefficient (Wildman–Crippen LogP) is 2.33. The molecule has 18 heavy (non-hydrogen) atoms. The van der Waals surface area contributed by atoms with Crippen molar-refractivity contribution in [2.45, 2.75) is 26.4 Å². The first kappa shape index (κ1) is 14.8. The molecule has 0 saturated heterocycles. The molecule has 0 aliphatic heterocycles. The summed E-state index contributed by atoms with van der Waals surface area (Å²) in [5.74, 6) is -0.124. The summed E-state index contributed by atoms with van der Waals surface area (Å²) >= 11 is 5.99. The lowest BCUT2D eigenvalue weighted by Crippen LogP contribution is -2.41. The van der Waals surface area contributed by atoms with Crippen molar-refractivity contribution in [1.29, 1.82) is 0 Å². The van der Waals surface area contributed by atoms with Gasteiger partial charge in [0.2, 0.25) is 0 Å². The molecule has 0 heterocycles. The lowest BCUT2D eigenvalue weighted by Gasteiger charge is -2.20. The van der Waals surface area contributed by atoms with Crippen molar-refractivity contribution in [2.24, 2.45) is 5.92 Å². The van der Waals surface area contributed by atoms with E-state index in [1.165, 1.54) is 7.11 Å². The molecule has 0 spiro atoms. The molecule has 5 heteroatoms. The number of ether oxygens (including phenoxy) is 1. The molecule has 4 nitrogen and oxygen atoms in total. The number of hydrogen-bond donors (Lipinski definition) is 2. The van der Waals surface area contributed by atoms with Gasteiger partial charge in [0.15, 0.2) is 0 Å². The lowest BCUT2D eigenvalue weighted by atomic mass is 10.0. The van der Waals surface area contributed by atoms with Crippen molar-refractivity contribution >= 4 is 17.6 Å². The van der Waals surface area contributed by atoms with E-state index in [2.05, 4.69) is 5.32 Å². The van der Waals surface area contributed by atoms with Gasteiger partial charge in [-0.05, 0) is 18.1 Å². The molecule has 0 bridgehead atoms. The number of aromatic hydroxyl groups is 1. The number of nitrogens with one attached hydrogen (secondary N) is 1. The smallest absolute Gasteiger partial charge is 0.323 e. The van der Waals surface area contributed by atoms with Crippen LogP contribution >= 0.6 is 11.6 Å². The molecule has 0 fully saturated rings. The SMILES string of the molecule is COC(=O)C(NCc1c(O)cccc1Cl)C(C)C. The Morgan fingerprint density at radius 1 is 1.50 bits per heavy atom. The van der Waals surface area contributed by atoms with Crippen molar-refractivity contribution in [1.82, 2.24) is 5.32 Å². The molecule has 1 aromatic rings. The van der Waals surface area contributed by atoms with Gasteiger partial charge in [0.05, 0.1) is 7.11 Å². The maximum atomic E-state index is 11.6. The van der Waals surface area contributed by atoms with Crippen molar-refractivity contribution < 1.29 is 14.6 Å². The van der Waals surface area contributed by atoms with Crippen LogP contribution in [0.1, 0.15) is 19.4 Å². The summed E-state index contributed by atoms with van der Waals surface area (Å²) in [4.78, 5) is 11.6. The van der Waals surface area contributed by atoms with E-state index in [1.807, 2.05) is 13.8 Å². The van der Waals surface area contributed by atoms with Crippen molar-refractivity contribution in [3.8, 4) is 5.75 Å². The fraction of sp³-hybridized carbons (Fsp3) is 0.462. The van der Waals surface area contributed by atoms with Gasteiger partial charge >= 0.3 is 5.97 Å². The van der Waals surface area contributed by atoms with E-state index in [0.29, 0.717) is 17.1 Å². The molecule has 1 aromatic carbocycles. The van der Waals surface area contributed by atoms with Crippen LogP contribution in [0, 0.1) is 5.92 Å². The molecular formula is C13H18ClNO3. The van der Waals surface area contributed by atoms with Crippen molar-refractivity contribution in [2.75, 3.05) is 7.11 Å². The van der Waals surface area contributed by atoms with Gasteiger partial charge in [0, 0.05) is 17.1 Å². The van der Waals surface area contributed by atoms with Crippen LogP contribution in [0.4, 0.5) is 0 Å². The number of hydrogen-bond acceptors (Lipinski definition) is 4. The maximum Gasteiger partial charge on any atom is 0.323 e. The minimum Gasteiger partial charge on any atom is -0.508 e. The summed E-state index contributed by atoms with van der Waals surface area (Å²) in [6, 6.07) is 4.50. The quantitative estimate of drug-likeness (QED) is 0.807. The highest BCUT2D eigenvalue weighted by Crippen LogP contribution is 2.25. The number of benzene rings is 1. The predicted molar refractivity (Wildman–Crippen MR) is 70.6 cm³/mol. The summed E-state index contributed by atoms with van der Waals surface area (Å²) in [6.45, 7) is 4.14. The number of carbonyl (C=O) groups is 1. The van der Waals surface area contributed by atoms with Crippen LogP contribution in [0.3, 0.4) is 0 Å². The van der Waals surface area contributed by atoms with Crippen LogP contribution in [0.2, 0.25) is 5.02 Å². The topological polar surface area (TPSA) is 58.6 Å². The van der Waals surface area contributed by atoms with E-state index < -0.39 is 6.04 Å². The fourth-order valence-electron chi connectivity index (χ4n) is 1.65. The molecule has 0 aliphatic carbocycles. The Bertz CT molecular complexity index is 400. The molecule has 2 N–H and O–H groups in total. The zero-order valence-corrected chi connectivity index (χ0v) is 11.5. The standard InChI is InChI=1S/C13H18ClNO3/c1-8(2)12(13(17)18-3)15-7-9-10(14)5-4-6-11(9)16/h4-6,8,12,15-16H,7H2,1-3H3. The Morgan fingerprint density at radius 3 is 2.67 bits per heavy atom. The largest absolute Gasteiger partial charge is 0.508 e. The van der Waals surface area contributed by atoms with Gasteiger partial charge in [0.1, 0.15) is 11.8 Å². The molecular weight excluding hydrogens is 254 g/mol. The summed E-state index contributed by atoms with van der Waals surface area (Å²) in [5.41, 5.74) is 0.578. The molecule has 0 amide bonds. The van der Waals surface area contributed by atoms with Crippen LogP contribution in [-0.4, -0.2) is 24.2 Å².